The van der Waals surface area contributed by atoms with E-state index in [1.165, 1.54) is 6.07 Å². The van der Waals surface area contributed by atoms with Crippen LogP contribution in [0.4, 0.5) is 4.39 Å². The number of likely N-dealkylation sites (N-methyl/N-ethyl adjacent to an activating group) is 1. The summed E-state index contributed by atoms with van der Waals surface area (Å²) in [4.78, 5) is 15.7. The lowest BCUT2D eigenvalue weighted by Crippen LogP contribution is -2.53. The number of nitrogens with zero attached hydrogens (tertiary/aromatic N) is 4. The highest BCUT2D eigenvalue weighted by atomic mass is 19.1. The van der Waals surface area contributed by atoms with Crippen molar-refractivity contribution in [3.8, 4) is 0 Å². The largest absolute Gasteiger partial charge is 0.424 e. The van der Waals surface area contributed by atoms with Crippen molar-refractivity contribution < 1.29 is 18.1 Å². The number of rotatable bonds is 6. The quantitative estimate of drug-likeness (QED) is 0.362. The maximum atomic E-state index is 13.9. The molecule has 1 amide bonds. The van der Waals surface area contributed by atoms with Gasteiger partial charge < -0.3 is 9.32 Å². The molecule has 0 radical (unpaired) electrons. The van der Waals surface area contributed by atoms with E-state index >= 15 is 0 Å². The highest BCUT2D eigenvalue weighted by molar-refractivity contribution is 5.85. The van der Waals surface area contributed by atoms with Crippen molar-refractivity contribution in [2.45, 2.75) is 51.9 Å². The second-order valence-corrected chi connectivity index (χ2v) is 11.8. The van der Waals surface area contributed by atoms with E-state index in [0.717, 1.165) is 35.2 Å². The van der Waals surface area contributed by atoms with Gasteiger partial charge in [-0.1, -0.05) is 45.0 Å². The molecule has 5 rings (SSSR count). The zero-order valence-corrected chi connectivity index (χ0v) is 23.6. The van der Waals surface area contributed by atoms with Gasteiger partial charge in [0.1, 0.15) is 18.1 Å². The van der Waals surface area contributed by atoms with E-state index in [9.17, 15) is 9.18 Å². The summed E-state index contributed by atoms with van der Waals surface area (Å²) in [5.74, 6) is 1.47. The van der Waals surface area contributed by atoms with Crippen molar-refractivity contribution in [3.05, 3.63) is 95.0 Å². The predicted octanol–water partition coefficient (Wildman–Crippen LogP) is 6.11. The molecule has 3 heterocycles. The summed E-state index contributed by atoms with van der Waals surface area (Å²) in [6.45, 7) is 10.4. The van der Waals surface area contributed by atoms with E-state index in [2.05, 4.69) is 48.5 Å². The molecule has 0 bridgehead atoms. The predicted molar refractivity (Wildman–Crippen MR) is 151 cm³/mol. The zero-order chi connectivity index (χ0) is 27.8. The van der Waals surface area contributed by atoms with Crippen molar-refractivity contribution in [1.82, 2.24) is 15.1 Å². The van der Waals surface area contributed by atoms with Gasteiger partial charge in [0, 0.05) is 36.1 Å². The third kappa shape index (κ3) is 5.46. The van der Waals surface area contributed by atoms with Gasteiger partial charge in [-0.15, -0.1) is 10.2 Å². The van der Waals surface area contributed by atoms with Gasteiger partial charge in [0.25, 0.3) is 5.91 Å². The van der Waals surface area contributed by atoms with E-state index in [-0.39, 0.29) is 23.1 Å². The fourth-order valence-corrected chi connectivity index (χ4v) is 5.51. The molecule has 3 aromatic rings. The van der Waals surface area contributed by atoms with Crippen LogP contribution in [0.5, 0.6) is 0 Å². The Labute approximate surface area is 230 Å². The van der Waals surface area contributed by atoms with Crippen LogP contribution in [0.3, 0.4) is 0 Å². The number of quaternary nitrogens is 1. The molecule has 1 atom stereocenters. The Bertz CT molecular complexity index is 1420. The number of amides is 1. The molecule has 7 heteroatoms. The number of carbonyl (C=O) groups is 1. The van der Waals surface area contributed by atoms with Gasteiger partial charge in [-0.05, 0) is 66.8 Å². The molecule has 1 fully saturated rings. The maximum Gasteiger partial charge on any atom is 0.278 e. The average molecular weight is 530 g/mol. The lowest BCUT2D eigenvalue weighted by Gasteiger charge is -2.41. The Morgan fingerprint density at radius 3 is 2.46 bits per heavy atom. The molecule has 2 aliphatic rings. The number of allylic oxidation sites excluding steroid dienone is 2. The number of benzene rings is 2. The molecule has 0 spiro atoms. The minimum absolute atomic E-state index is 0.143. The van der Waals surface area contributed by atoms with E-state index in [1.54, 1.807) is 6.92 Å². The van der Waals surface area contributed by atoms with Gasteiger partial charge in [-0.2, -0.15) is 0 Å². The summed E-state index contributed by atoms with van der Waals surface area (Å²) in [5, 5.41) is 8.56. The van der Waals surface area contributed by atoms with Crippen LogP contribution >= 0.6 is 0 Å². The van der Waals surface area contributed by atoms with E-state index < -0.39 is 0 Å². The van der Waals surface area contributed by atoms with E-state index in [0.29, 0.717) is 48.0 Å². The summed E-state index contributed by atoms with van der Waals surface area (Å²) < 4.78 is 20.4. The number of aromatic nitrogens is 2. The average Bonchev–Trinajstić information content (AvgIpc) is 3.43. The lowest BCUT2D eigenvalue weighted by atomic mass is 9.80. The molecule has 1 unspecified atom stereocenters. The highest BCUT2D eigenvalue weighted by Crippen LogP contribution is 2.37. The second kappa shape index (κ2) is 10.5. The topological polar surface area (TPSA) is 59.2 Å². The summed E-state index contributed by atoms with van der Waals surface area (Å²) >= 11 is 0. The normalized spacial score (nSPS) is 21.1. The number of carbonyl (C=O) groups excluding carboxylic acids is 1. The monoisotopic (exact) mass is 529 g/mol. The Morgan fingerprint density at radius 1 is 1.10 bits per heavy atom. The van der Waals surface area contributed by atoms with Gasteiger partial charge >= 0.3 is 0 Å². The van der Waals surface area contributed by atoms with Crippen LogP contribution in [0.15, 0.2) is 65.1 Å². The van der Waals surface area contributed by atoms with Crippen molar-refractivity contribution in [2.75, 3.05) is 33.2 Å². The number of likely N-dealkylation sites (tertiary alicyclic amines) is 1. The maximum absolute atomic E-state index is 13.9. The van der Waals surface area contributed by atoms with Crippen LogP contribution in [0, 0.1) is 12.7 Å². The first-order valence-electron chi connectivity index (χ1n) is 13.8. The van der Waals surface area contributed by atoms with Crippen LogP contribution < -0.4 is 0 Å². The molecule has 0 N–H and O–H groups in total. The molecular weight excluding hydrogens is 491 g/mol. The van der Waals surface area contributed by atoms with Gasteiger partial charge in [0.15, 0.2) is 6.54 Å². The first-order valence-corrected chi connectivity index (χ1v) is 13.8. The van der Waals surface area contributed by atoms with Gasteiger partial charge in [-0.25, -0.2) is 4.39 Å². The first kappa shape index (κ1) is 27.0. The number of halogens is 1. The van der Waals surface area contributed by atoms with Crippen molar-refractivity contribution >= 4 is 17.2 Å². The van der Waals surface area contributed by atoms with E-state index in [1.807, 2.05) is 49.1 Å². The second-order valence-electron chi connectivity index (χ2n) is 11.8. The number of hydrogen-bond acceptors (Lipinski definition) is 4. The summed E-state index contributed by atoms with van der Waals surface area (Å²) in [5.41, 5.74) is 4.60. The fourth-order valence-electron chi connectivity index (χ4n) is 5.51. The molecule has 39 heavy (non-hydrogen) atoms. The molecule has 6 nitrogen and oxygen atoms in total. The third-order valence-electron chi connectivity index (χ3n) is 8.30. The minimum atomic E-state index is -0.222. The van der Waals surface area contributed by atoms with E-state index in [4.69, 9.17) is 4.42 Å². The van der Waals surface area contributed by atoms with Gasteiger partial charge in [0.2, 0.25) is 11.8 Å². The number of aryl methyl sites for hydroxylation is 1. The third-order valence-corrected chi connectivity index (χ3v) is 8.30. The Kier molecular flexibility index (Phi) is 7.29. The zero-order valence-electron chi connectivity index (χ0n) is 23.6. The van der Waals surface area contributed by atoms with Crippen molar-refractivity contribution in [3.63, 3.8) is 0 Å². The van der Waals surface area contributed by atoms with Crippen LogP contribution in [-0.2, 0) is 10.2 Å². The standard InChI is InChI=1S/C32H38FN4O2/c1-22(2)30-34-35-31(39-30)32(4)14-16-36(17-15-32)29(38)21-37(5)18-13-26(25-11-12-27(33)23(3)19-25)20-28(37)24-9-7-6-8-10-24/h6-13,19-20,22H,14-18,21H2,1-5H3/q+1. The Balaban J connectivity index is 1.34. The van der Waals surface area contributed by atoms with Gasteiger partial charge in [0.05, 0.1) is 7.05 Å². The summed E-state index contributed by atoms with van der Waals surface area (Å²) in [7, 11) is 2.12. The summed E-state index contributed by atoms with van der Waals surface area (Å²) in [6, 6.07) is 15.5. The SMILES string of the molecule is Cc1cc(C2=CC[N+](C)(CC(=O)N3CCC(C)(c4nnc(C(C)C)o4)CC3)C(c3ccccc3)=C2)ccc1F. The van der Waals surface area contributed by atoms with Gasteiger partial charge in [-0.3, -0.25) is 9.28 Å². The Hall–Kier alpha value is -3.58. The van der Waals surface area contributed by atoms with Crippen LogP contribution in [0.25, 0.3) is 11.3 Å². The molecular formula is C32H38FN4O2+. The minimum Gasteiger partial charge on any atom is -0.424 e. The molecule has 2 aliphatic heterocycles. The van der Waals surface area contributed by atoms with Crippen LogP contribution in [0.1, 0.15) is 68.0 Å². The molecule has 0 aliphatic carbocycles. The van der Waals surface area contributed by atoms with Crippen molar-refractivity contribution in [2.24, 2.45) is 0 Å². The molecule has 2 aromatic carbocycles. The molecule has 1 saturated heterocycles. The summed E-state index contributed by atoms with van der Waals surface area (Å²) in [6.07, 6.45) is 5.91. The lowest BCUT2D eigenvalue weighted by molar-refractivity contribution is -0.825. The van der Waals surface area contributed by atoms with Crippen LogP contribution in [0.2, 0.25) is 0 Å². The molecule has 0 saturated carbocycles. The number of piperidine rings is 1. The molecule has 1 aromatic heterocycles. The highest BCUT2D eigenvalue weighted by Gasteiger charge is 2.41. The number of hydrogen-bond donors (Lipinski definition) is 0. The smallest absolute Gasteiger partial charge is 0.278 e. The Morgan fingerprint density at radius 2 is 1.82 bits per heavy atom. The molecule has 204 valence electrons. The van der Waals surface area contributed by atoms with Crippen molar-refractivity contribution in [1.29, 1.82) is 0 Å². The first-order chi connectivity index (χ1) is 18.6. The van der Waals surface area contributed by atoms with Crippen LogP contribution in [-0.4, -0.2) is 58.7 Å². The fraction of sp³-hybridized carbons (Fsp3) is 0.406.